The van der Waals surface area contributed by atoms with Crippen molar-refractivity contribution in [3.8, 4) is 10.6 Å². The van der Waals surface area contributed by atoms with Gasteiger partial charge in [-0.15, -0.1) is 0 Å². The number of hydrogen-bond donors (Lipinski definition) is 1. The molecule has 0 atom stereocenters. The summed E-state index contributed by atoms with van der Waals surface area (Å²) in [5.41, 5.74) is 7.70. The third kappa shape index (κ3) is 1.90. The summed E-state index contributed by atoms with van der Waals surface area (Å²) in [6, 6.07) is 3.34. The van der Waals surface area contributed by atoms with Crippen LogP contribution in [0.1, 0.15) is 0 Å². The summed E-state index contributed by atoms with van der Waals surface area (Å²) in [6.45, 7) is 0. The number of nitrogens with two attached hydrogens (primary N) is 1. The van der Waals surface area contributed by atoms with Crippen LogP contribution >= 0.6 is 34.5 Å². The van der Waals surface area contributed by atoms with Gasteiger partial charge in [0.1, 0.15) is 5.01 Å². The zero-order valence-electron chi connectivity index (χ0n) is 8.89. The van der Waals surface area contributed by atoms with Gasteiger partial charge in [0.2, 0.25) is 0 Å². The Morgan fingerprint density at radius 1 is 1.11 bits per heavy atom. The number of hydrogen-bond acceptors (Lipinski definition) is 5. The van der Waals surface area contributed by atoms with Gasteiger partial charge in [-0.2, -0.15) is 0 Å². The molecule has 3 rings (SSSR count). The van der Waals surface area contributed by atoms with Gasteiger partial charge in [0.25, 0.3) is 0 Å². The highest BCUT2D eigenvalue weighted by molar-refractivity contribution is 7.21. The topological polar surface area (TPSA) is 64.7 Å². The van der Waals surface area contributed by atoms with Crippen LogP contribution in [0.3, 0.4) is 0 Å². The molecule has 4 nitrogen and oxygen atoms in total. The monoisotopic (exact) mass is 296 g/mol. The Kier molecular flexibility index (Phi) is 2.81. The molecule has 0 saturated heterocycles. The first-order chi connectivity index (χ1) is 8.65. The van der Waals surface area contributed by atoms with Crippen molar-refractivity contribution < 1.29 is 0 Å². The van der Waals surface area contributed by atoms with E-state index in [1.165, 1.54) is 11.3 Å². The zero-order chi connectivity index (χ0) is 12.7. The quantitative estimate of drug-likeness (QED) is 0.696. The van der Waals surface area contributed by atoms with Gasteiger partial charge >= 0.3 is 0 Å². The molecule has 0 spiro atoms. The third-order valence-electron chi connectivity index (χ3n) is 2.37. The van der Waals surface area contributed by atoms with Crippen molar-refractivity contribution in [2.45, 2.75) is 0 Å². The van der Waals surface area contributed by atoms with E-state index in [0.29, 0.717) is 32.0 Å². The van der Waals surface area contributed by atoms with E-state index in [9.17, 15) is 0 Å². The number of halogens is 2. The fourth-order valence-electron chi connectivity index (χ4n) is 1.55. The lowest BCUT2D eigenvalue weighted by Gasteiger charge is -2.04. The molecule has 0 aliphatic carbocycles. The fraction of sp³-hybridized carbons (Fsp3) is 0. The lowest BCUT2D eigenvalue weighted by atomic mass is 10.2. The van der Waals surface area contributed by atoms with Crippen molar-refractivity contribution in [1.29, 1.82) is 0 Å². The van der Waals surface area contributed by atoms with Crippen LogP contribution in [-0.4, -0.2) is 15.0 Å². The predicted octanol–water partition coefficient (Wildman–Crippen LogP) is 3.64. The average molecular weight is 297 g/mol. The molecule has 0 aliphatic heterocycles. The van der Waals surface area contributed by atoms with Crippen molar-refractivity contribution in [3.05, 3.63) is 34.6 Å². The van der Waals surface area contributed by atoms with Crippen LogP contribution in [0, 0.1) is 0 Å². The maximum absolute atomic E-state index is 6.00. The summed E-state index contributed by atoms with van der Waals surface area (Å²) in [4.78, 5) is 13.4. The van der Waals surface area contributed by atoms with Gasteiger partial charge in [0, 0.05) is 23.0 Å². The summed E-state index contributed by atoms with van der Waals surface area (Å²) in [5.74, 6) is 0. The Morgan fingerprint density at radius 3 is 2.67 bits per heavy atom. The first kappa shape index (κ1) is 11.6. The first-order valence-electron chi connectivity index (χ1n) is 4.97. The number of fused-ring (bicyclic) bond motifs is 1. The van der Waals surface area contributed by atoms with E-state index in [2.05, 4.69) is 15.0 Å². The molecule has 0 fully saturated rings. The second-order valence-corrected chi connectivity index (χ2v) is 5.37. The van der Waals surface area contributed by atoms with Crippen molar-refractivity contribution in [1.82, 2.24) is 15.0 Å². The van der Waals surface area contributed by atoms with E-state index in [0.717, 1.165) is 4.83 Å². The highest BCUT2D eigenvalue weighted by atomic mass is 35.5. The molecule has 18 heavy (non-hydrogen) atoms. The van der Waals surface area contributed by atoms with Crippen molar-refractivity contribution in [3.63, 3.8) is 0 Å². The summed E-state index contributed by atoms with van der Waals surface area (Å²) in [5, 5.41) is 1.64. The molecule has 3 aromatic rings. The maximum atomic E-state index is 6.00. The van der Waals surface area contributed by atoms with Crippen LogP contribution in [0.15, 0.2) is 24.5 Å². The van der Waals surface area contributed by atoms with Gasteiger partial charge in [-0.3, -0.25) is 0 Å². The summed E-state index contributed by atoms with van der Waals surface area (Å²) in [6.07, 6.45) is 3.22. The van der Waals surface area contributed by atoms with Gasteiger partial charge in [-0.1, -0.05) is 34.5 Å². The second kappa shape index (κ2) is 4.35. The molecule has 0 unspecified atom stereocenters. The van der Waals surface area contributed by atoms with Crippen LogP contribution in [0.25, 0.3) is 21.0 Å². The van der Waals surface area contributed by atoms with Crippen LogP contribution in [0.4, 0.5) is 5.69 Å². The lowest BCUT2D eigenvalue weighted by Crippen LogP contribution is -1.91. The molecule has 2 N–H and O–H groups in total. The minimum absolute atomic E-state index is 0.415. The number of aromatic nitrogens is 3. The Bertz CT molecular complexity index is 708. The largest absolute Gasteiger partial charge is 0.397 e. The standard InChI is InChI=1S/C11H6Cl2N4S/c12-5-3-6(8(14)7(13)4-5)10-17-9-11(18-10)16-2-1-15-9/h1-4H,14H2. The van der Waals surface area contributed by atoms with Crippen LogP contribution in [-0.2, 0) is 0 Å². The number of anilines is 1. The van der Waals surface area contributed by atoms with E-state index < -0.39 is 0 Å². The predicted molar refractivity (Wildman–Crippen MR) is 75.1 cm³/mol. The smallest absolute Gasteiger partial charge is 0.190 e. The highest BCUT2D eigenvalue weighted by Crippen LogP contribution is 2.37. The minimum atomic E-state index is 0.415. The van der Waals surface area contributed by atoms with E-state index in [4.69, 9.17) is 28.9 Å². The minimum Gasteiger partial charge on any atom is -0.397 e. The Labute approximate surface area is 116 Å². The summed E-state index contributed by atoms with van der Waals surface area (Å²) < 4.78 is 0. The van der Waals surface area contributed by atoms with E-state index in [1.54, 1.807) is 24.5 Å². The molecule has 2 heterocycles. The number of nitrogen functional groups attached to an aromatic ring is 1. The number of nitrogens with zero attached hydrogens (tertiary/aromatic N) is 3. The SMILES string of the molecule is Nc1c(Cl)cc(Cl)cc1-c1nc2nccnc2s1. The van der Waals surface area contributed by atoms with E-state index >= 15 is 0 Å². The Morgan fingerprint density at radius 2 is 1.89 bits per heavy atom. The van der Waals surface area contributed by atoms with Crippen LogP contribution in [0.5, 0.6) is 0 Å². The van der Waals surface area contributed by atoms with E-state index in [-0.39, 0.29) is 0 Å². The van der Waals surface area contributed by atoms with Gasteiger partial charge in [-0.25, -0.2) is 15.0 Å². The molecule has 0 amide bonds. The number of benzene rings is 1. The Balaban J connectivity index is 2.26. The third-order valence-corrected chi connectivity index (χ3v) is 3.89. The highest BCUT2D eigenvalue weighted by Gasteiger charge is 2.13. The molecule has 0 bridgehead atoms. The van der Waals surface area contributed by atoms with Gasteiger partial charge in [0.05, 0.1) is 10.7 Å². The zero-order valence-corrected chi connectivity index (χ0v) is 11.2. The molecule has 0 radical (unpaired) electrons. The molecule has 7 heteroatoms. The van der Waals surface area contributed by atoms with Crippen LogP contribution < -0.4 is 5.73 Å². The molecular weight excluding hydrogens is 291 g/mol. The normalized spacial score (nSPS) is 11.0. The van der Waals surface area contributed by atoms with Crippen LogP contribution in [0.2, 0.25) is 10.0 Å². The molecular formula is C11H6Cl2N4S. The van der Waals surface area contributed by atoms with Gasteiger partial charge < -0.3 is 5.73 Å². The molecule has 0 saturated carbocycles. The maximum Gasteiger partial charge on any atom is 0.190 e. The first-order valence-corrected chi connectivity index (χ1v) is 6.55. The van der Waals surface area contributed by atoms with E-state index in [1.807, 2.05) is 0 Å². The van der Waals surface area contributed by atoms with Gasteiger partial charge in [-0.05, 0) is 12.1 Å². The average Bonchev–Trinajstić information content (AvgIpc) is 2.77. The summed E-state index contributed by atoms with van der Waals surface area (Å²) in [7, 11) is 0. The number of thiazole rings is 1. The molecule has 0 aliphatic rings. The number of rotatable bonds is 1. The van der Waals surface area contributed by atoms with Crippen molar-refractivity contribution in [2.24, 2.45) is 0 Å². The fourth-order valence-corrected chi connectivity index (χ4v) is 2.94. The van der Waals surface area contributed by atoms with Crippen molar-refractivity contribution in [2.75, 3.05) is 5.73 Å². The lowest BCUT2D eigenvalue weighted by molar-refractivity contribution is 1.26. The molecule has 90 valence electrons. The molecule has 1 aromatic carbocycles. The Hall–Kier alpha value is -1.43. The van der Waals surface area contributed by atoms with Crippen molar-refractivity contribution >= 4 is 50.7 Å². The van der Waals surface area contributed by atoms with Gasteiger partial charge in [0.15, 0.2) is 10.5 Å². The second-order valence-electron chi connectivity index (χ2n) is 3.55. The summed E-state index contributed by atoms with van der Waals surface area (Å²) >= 11 is 13.4. The molecule has 2 aromatic heterocycles.